The molecule has 0 radical (unpaired) electrons. The summed E-state index contributed by atoms with van der Waals surface area (Å²) in [6.07, 6.45) is 0.103. The molecule has 4 heteroatoms. The number of benzene rings is 1. The number of amides is 2. The largest absolute Gasteiger partial charge is 0.494 e. The number of rotatable bonds is 3. The van der Waals surface area contributed by atoms with Gasteiger partial charge in [-0.3, -0.25) is 9.59 Å². The zero-order chi connectivity index (χ0) is 12.4. The van der Waals surface area contributed by atoms with E-state index in [4.69, 9.17) is 4.74 Å². The third-order valence-corrected chi connectivity index (χ3v) is 2.53. The quantitative estimate of drug-likeness (QED) is 0.589. The van der Waals surface area contributed by atoms with Crippen LogP contribution in [-0.2, 0) is 9.59 Å². The number of carbonyl (C=O) groups is 2. The van der Waals surface area contributed by atoms with Crippen LogP contribution in [0.25, 0.3) is 0 Å². The lowest BCUT2D eigenvalue weighted by Gasteiger charge is -2.13. The minimum Gasteiger partial charge on any atom is -0.494 e. The molecular formula is C13H13NO3. The van der Waals surface area contributed by atoms with E-state index < -0.39 is 0 Å². The molecule has 1 aliphatic rings. The van der Waals surface area contributed by atoms with E-state index >= 15 is 0 Å². The first-order valence-electron chi connectivity index (χ1n) is 5.41. The summed E-state index contributed by atoms with van der Waals surface area (Å²) in [5, 5.41) is 0. The molecular weight excluding hydrogens is 218 g/mol. The molecule has 0 N–H and O–H groups in total. The van der Waals surface area contributed by atoms with Crippen LogP contribution in [-0.4, -0.2) is 18.4 Å². The fourth-order valence-electron chi connectivity index (χ4n) is 1.73. The van der Waals surface area contributed by atoms with Crippen molar-refractivity contribution in [3.63, 3.8) is 0 Å². The van der Waals surface area contributed by atoms with Crippen LogP contribution in [0, 0.1) is 0 Å². The van der Waals surface area contributed by atoms with Crippen molar-refractivity contribution in [1.29, 1.82) is 0 Å². The minimum absolute atomic E-state index is 0.103. The summed E-state index contributed by atoms with van der Waals surface area (Å²) < 4.78 is 5.29. The van der Waals surface area contributed by atoms with Gasteiger partial charge in [-0.2, -0.15) is 0 Å². The normalized spacial score (nSPS) is 15.6. The van der Waals surface area contributed by atoms with Crippen LogP contribution < -0.4 is 9.64 Å². The van der Waals surface area contributed by atoms with Gasteiger partial charge in [-0.1, -0.05) is 6.58 Å². The first-order chi connectivity index (χ1) is 8.13. The molecule has 2 amide bonds. The Hall–Kier alpha value is -2.10. The second-order valence-electron chi connectivity index (χ2n) is 3.74. The fourth-order valence-corrected chi connectivity index (χ4v) is 1.73. The highest BCUT2D eigenvalue weighted by Crippen LogP contribution is 2.26. The van der Waals surface area contributed by atoms with Gasteiger partial charge in [0.2, 0.25) is 5.91 Å². The first-order valence-corrected chi connectivity index (χ1v) is 5.41. The zero-order valence-electron chi connectivity index (χ0n) is 9.60. The van der Waals surface area contributed by atoms with Gasteiger partial charge < -0.3 is 4.74 Å². The molecule has 0 aromatic heterocycles. The van der Waals surface area contributed by atoms with E-state index in [1.807, 2.05) is 6.92 Å². The van der Waals surface area contributed by atoms with Crippen LogP contribution >= 0.6 is 0 Å². The fraction of sp³-hybridized carbons (Fsp3) is 0.231. The van der Waals surface area contributed by atoms with Crippen LogP contribution in [0.1, 0.15) is 13.3 Å². The van der Waals surface area contributed by atoms with Crippen molar-refractivity contribution in [3.05, 3.63) is 36.4 Å². The van der Waals surface area contributed by atoms with E-state index in [9.17, 15) is 9.59 Å². The highest BCUT2D eigenvalue weighted by molar-refractivity contribution is 6.27. The molecule has 0 unspecified atom stereocenters. The monoisotopic (exact) mass is 231 g/mol. The molecule has 0 spiro atoms. The number of ether oxygens (including phenoxy) is 1. The molecule has 1 saturated heterocycles. The Balaban J connectivity index is 2.25. The van der Waals surface area contributed by atoms with E-state index in [2.05, 4.69) is 6.58 Å². The Morgan fingerprint density at radius 2 is 1.94 bits per heavy atom. The maximum absolute atomic E-state index is 11.7. The van der Waals surface area contributed by atoms with Gasteiger partial charge in [0.25, 0.3) is 5.91 Å². The molecule has 0 bridgehead atoms. The maximum Gasteiger partial charge on any atom is 0.260 e. The summed E-state index contributed by atoms with van der Waals surface area (Å²) in [7, 11) is 0. The van der Waals surface area contributed by atoms with E-state index in [-0.39, 0.29) is 18.2 Å². The van der Waals surface area contributed by atoms with Crippen LogP contribution in [0.3, 0.4) is 0 Å². The van der Waals surface area contributed by atoms with E-state index in [1.54, 1.807) is 24.3 Å². The van der Waals surface area contributed by atoms with Gasteiger partial charge in [0.1, 0.15) is 5.75 Å². The van der Waals surface area contributed by atoms with Crippen molar-refractivity contribution in [3.8, 4) is 5.75 Å². The van der Waals surface area contributed by atoms with Crippen LogP contribution in [0.5, 0.6) is 5.75 Å². The number of hydrogen-bond donors (Lipinski definition) is 0. The molecule has 4 nitrogen and oxygen atoms in total. The molecule has 0 atom stereocenters. The summed E-state index contributed by atoms with van der Waals surface area (Å²) >= 11 is 0. The molecule has 88 valence electrons. The van der Waals surface area contributed by atoms with Crippen molar-refractivity contribution in [2.24, 2.45) is 0 Å². The van der Waals surface area contributed by atoms with Crippen LogP contribution in [0.2, 0.25) is 0 Å². The van der Waals surface area contributed by atoms with Crippen molar-refractivity contribution in [2.75, 3.05) is 11.5 Å². The van der Waals surface area contributed by atoms with Crippen molar-refractivity contribution < 1.29 is 14.3 Å². The van der Waals surface area contributed by atoms with Crippen molar-refractivity contribution in [2.45, 2.75) is 13.3 Å². The lowest BCUT2D eigenvalue weighted by Crippen LogP contribution is -2.28. The smallest absolute Gasteiger partial charge is 0.260 e. The molecule has 2 rings (SSSR count). The SMILES string of the molecule is C=C1CC(=O)N(c2ccc(OCC)cc2)C1=O. The van der Waals surface area contributed by atoms with Gasteiger partial charge in [0, 0.05) is 5.57 Å². The molecule has 1 heterocycles. The predicted molar refractivity (Wildman–Crippen MR) is 63.9 cm³/mol. The van der Waals surface area contributed by atoms with Gasteiger partial charge in [0.15, 0.2) is 0 Å². The highest BCUT2D eigenvalue weighted by Gasteiger charge is 2.33. The van der Waals surface area contributed by atoms with Crippen molar-refractivity contribution in [1.82, 2.24) is 0 Å². The van der Waals surface area contributed by atoms with Crippen molar-refractivity contribution >= 4 is 17.5 Å². The van der Waals surface area contributed by atoms with Gasteiger partial charge in [0.05, 0.1) is 18.7 Å². The molecule has 0 aliphatic carbocycles. The van der Waals surface area contributed by atoms with E-state index in [0.717, 1.165) is 4.90 Å². The second kappa shape index (κ2) is 4.41. The third kappa shape index (κ3) is 2.06. The molecule has 17 heavy (non-hydrogen) atoms. The molecule has 1 aromatic carbocycles. The average molecular weight is 231 g/mol. The third-order valence-electron chi connectivity index (χ3n) is 2.53. The van der Waals surface area contributed by atoms with E-state index in [1.165, 1.54) is 0 Å². The van der Waals surface area contributed by atoms with Crippen LogP contribution in [0.4, 0.5) is 5.69 Å². The number of hydrogen-bond acceptors (Lipinski definition) is 3. The van der Waals surface area contributed by atoms with Crippen LogP contribution in [0.15, 0.2) is 36.4 Å². The summed E-state index contributed by atoms with van der Waals surface area (Å²) in [6.45, 7) is 6.05. The Kier molecular flexibility index (Phi) is 2.95. The first kappa shape index (κ1) is 11.4. The summed E-state index contributed by atoms with van der Waals surface area (Å²) in [5.41, 5.74) is 0.894. The summed E-state index contributed by atoms with van der Waals surface area (Å²) in [4.78, 5) is 24.5. The number of nitrogens with zero attached hydrogens (tertiary/aromatic N) is 1. The number of carbonyl (C=O) groups excluding carboxylic acids is 2. The predicted octanol–water partition coefficient (Wildman–Crippen LogP) is 1.90. The zero-order valence-corrected chi connectivity index (χ0v) is 9.60. The molecule has 1 fully saturated rings. The van der Waals surface area contributed by atoms with Gasteiger partial charge in [-0.25, -0.2) is 4.90 Å². The topological polar surface area (TPSA) is 46.6 Å². The Morgan fingerprint density at radius 1 is 1.29 bits per heavy atom. The Labute approximate surface area is 99.5 Å². The second-order valence-corrected chi connectivity index (χ2v) is 3.74. The Bertz CT molecular complexity index is 476. The number of imide groups is 1. The minimum atomic E-state index is -0.320. The van der Waals surface area contributed by atoms with Gasteiger partial charge in [-0.15, -0.1) is 0 Å². The van der Waals surface area contributed by atoms with E-state index in [0.29, 0.717) is 23.6 Å². The summed E-state index contributed by atoms with van der Waals surface area (Å²) in [5.74, 6) is 0.164. The average Bonchev–Trinajstić information content (AvgIpc) is 2.55. The summed E-state index contributed by atoms with van der Waals surface area (Å²) in [6, 6.07) is 6.86. The molecule has 1 aromatic rings. The lowest BCUT2D eigenvalue weighted by molar-refractivity contribution is -0.120. The Morgan fingerprint density at radius 3 is 2.41 bits per heavy atom. The molecule has 0 saturated carbocycles. The standard InChI is InChI=1S/C13H13NO3/c1-3-17-11-6-4-10(5-7-11)14-12(15)8-9(2)13(14)16/h4-7H,2-3,8H2,1H3. The van der Waals surface area contributed by atoms with Gasteiger partial charge in [-0.05, 0) is 31.2 Å². The van der Waals surface area contributed by atoms with Gasteiger partial charge >= 0.3 is 0 Å². The highest BCUT2D eigenvalue weighted by atomic mass is 16.5. The molecule has 1 aliphatic heterocycles. The maximum atomic E-state index is 11.7. The lowest BCUT2D eigenvalue weighted by atomic mass is 10.2. The number of anilines is 1.